The van der Waals surface area contributed by atoms with Crippen molar-refractivity contribution < 1.29 is 9.47 Å². The van der Waals surface area contributed by atoms with Crippen molar-refractivity contribution in [1.29, 1.82) is 5.26 Å². The molecule has 25 heavy (non-hydrogen) atoms. The monoisotopic (exact) mass is 397 g/mol. The second kappa shape index (κ2) is 6.99. The van der Waals surface area contributed by atoms with Crippen molar-refractivity contribution in [2.45, 2.75) is 6.92 Å². The van der Waals surface area contributed by atoms with E-state index in [9.17, 15) is 5.26 Å². The van der Waals surface area contributed by atoms with Gasteiger partial charge >= 0.3 is 0 Å². The van der Waals surface area contributed by atoms with E-state index in [1.807, 2.05) is 37.3 Å². The second-order valence-corrected chi connectivity index (χ2v) is 6.37. The number of nitrogens with zero attached hydrogens (tertiary/aromatic N) is 2. The normalized spacial score (nSPS) is 11.4. The highest BCUT2D eigenvalue weighted by Crippen LogP contribution is 2.37. The number of H-pyrrole nitrogens is 1. The lowest BCUT2D eigenvalue weighted by Gasteiger charge is -2.10. The van der Waals surface area contributed by atoms with Gasteiger partial charge in [-0.3, -0.25) is 0 Å². The molecule has 0 saturated carbocycles. The van der Waals surface area contributed by atoms with Gasteiger partial charge < -0.3 is 14.5 Å². The Morgan fingerprint density at radius 3 is 2.72 bits per heavy atom. The predicted octanol–water partition coefficient (Wildman–Crippen LogP) is 4.72. The van der Waals surface area contributed by atoms with Crippen LogP contribution in [0.1, 0.15) is 17.0 Å². The van der Waals surface area contributed by atoms with Crippen molar-refractivity contribution in [2.24, 2.45) is 0 Å². The third kappa shape index (κ3) is 3.37. The Morgan fingerprint density at radius 1 is 1.24 bits per heavy atom. The Labute approximate surface area is 154 Å². The molecule has 2 aromatic carbocycles. The summed E-state index contributed by atoms with van der Waals surface area (Å²) in [5.74, 6) is 1.73. The standard InChI is InChI=1S/C19H16BrN3O2/c1-11-4-5-15-16(6-11)23-19(22-15)13(10-21)7-12-8-14(20)18(25-3)17(9-12)24-2/h4-9H,1-3H3,(H,22,23)/b13-7-. The van der Waals surface area contributed by atoms with Gasteiger partial charge in [0.1, 0.15) is 11.9 Å². The molecule has 0 saturated heterocycles. The molecule has 3 aromatic rings. The van der Waals surface area contributed by atoms with Crippen molar-refractivity contribution in [3.63, 3.8) is 0 Å². The van der Waals surface area contributed by atoms with E-state index in [1.165, 1.54) is 0 Å². The lowest BCUT2D eigenvalue weighted by atomic mass is 10.1. The van der Waals surface area contributed by atoms with Crippen LogP contribution >= 0.6 is 15.9 Å². The zero-order valence-electron chi connectivity index (χ0n) is 14.1. The van der Waals surface area contributed by atoms with Crippen LogP contribution in [0.2, 0.25) is 0 Å². The third-order valence-electron chi connectivity index (χ3n) is 3.78. The van der Waals surface area contributed by atoms with Gasteiger partial charge in [0.15, 0.2) is 11.5 Å². The summed E-state index contributed by atoms with van der Waals surface area (Å²) in [6.07, 6.45) is 1.76. The Balaban J connectivity index is 2.08. The SMILES string of the molecule is COc1cc(/C=C(/C#N)c2nc3ccc(C)cc3[nH]2)cc(Br)c1OC. The molecule has 0 radical (unpaired) electrons. The number of aromatic nitrogens is 2. The maximum absolute atomic E-state index is 9.57. The van der Waals surface area contributed by atoms with Crippen LogP contribution in [0.5, 0.6) is 11.5 Å². The molecule has 6 heteroatoms. The van der Waals surface area contributed by atoms with E-state index in [1.54, 1.807) is 20.3 Å². The lowest BCUT2D eigenvalue weighted by molar-refractivity contribution is 0.353. The average Bonchev–Trinajstić information content (AvgIpc) is 3.01. The summed E-state index contributed by atoms with van der Waals surface area (Å²) in [5.41, 5.74) is 4.11. The molecule has 0 aliphatic heterocycles. The summed E-state index contributed by atoms with van der Waals surface area (Å²) in [4.78, 5) is 7.71. The Hall–Kier alpha value is -2.78. The van der Waals surface area contributed by atoms with Crippen LogP contribution in [-0.2, 0) is 0 Å². The van der Waals surface area contributed by atoms with Gasteiger partial charge in [-0.05, 0) is 64.3 Å². The molecule has 0 spiro atoms. The quantitative estimate of drug-likeness (QED) is 0.646. The average molecular weight is 398 g/mol. The number of benzene rings is 2. The molecule has 0 unspecified atom stereocenters. The molecular formula is C19H16BrN3O2. The first-order valence-corrected chi connectivity index (χ1v) is 8.35. The van der Waals surface area contributed by atoms with E-state index >= 15 is 0 Å². The zero-order chi connectivity index (χ0) is 18.0. The van der Waals surface area contributed by atoms with Crippen molar-refractivity contribution in [3.8, 4) is 17.6 Å². The molecule has 126 valence electrons. The molecule has 0 aliphatic rings. The molecule has 3 rings (SSSR count). The first-order chi connectivity index (χ1) is 12.0. The van der Waals surface area contributed by atoms with Crippen LogP contribution in [0, 0.1) is 18.3 Å². The number of allylic oxidation sites excluding steroid dienone is 1. The molecule has 0 amide bonds. The maximum atomic E-state index is 9.57. The van der Waals surface area contributed by atoms with E-state index in [0.29, 0.717) is 22.9 Å². The highest BCUT2D eigenvalue weighted by molar-refractivity contribution is 9.10. The lowest BCUT2D eigenvalue weighted by Crippen LogP contribution is -1.93. The number of fused-ring (bicyclic) bond motifs is 1. The summed E-state index contributed by atoms with van der Waals surface area (Å²) in [7, 11) is 3.15. The van der Waals surface area contributed by atoms with E-state index < -0.39 is 0 Å². The van der Waals surface area contributed by atoms with Crippen molar-refractivity contribution in [1.82, 2.24) is 9.97 Å². The number of hydrogen-bond acceptors (Lipinski definition) is 4. The highest BCUT2D eigenvalue weighted by Gasteiger charge is 2.12. The molecule has 5 nitrogen and oxygen atoms in total. The number of aryl methyl sites for hydroxylation is 1. The van der Waals surface area contributed by atoms with Crippen LogP contribution in [0.15, 0.2) is 34.8 Å². The van der Waals surface area contributed by atoms with Crippen molar-refractivity contribution in [3.05, 3.63) is 51.8 Å². The van der Waals surface area contributed by atoms with E-state index in [4.69, 9.17) is 9.47 Å². The summed E-state index contributed by atoms with van der Waals surface area (Å²) < 4.78 is 11.4. The van der Waals surface area contributed by atoms with Gasteiger partial charge in [-0.15, -0.1) is 0 Å². The summed E-state index contributed by atoms with van der Waals surface area (Å²) in [6, 6.07) is 11.8. The van der Waals surface area contributed by atoms with Crippen LogP contribution in [0.3, 0.4) is 0 Å². The van der Waals surface area contributed by atoms with E-state index in [-0.39, 0.29) is 0 Å². The van der Waals surface area contributed by atoms with E-state index in [2.05, 4.69) is 32.0 Å². The molecule has 1 N–H and O–H groups in total. The first kappa shape index (κ1) is 17.1. The first-order valence-electron chi connectivity index (χ1n) is 7.55. The summed E-state index contributed by atoms with van der Waals surface area (Å²) in [5, 5.41) is 9.57. The number of nitriles is 1. The van der Waals surface area contributed by atoms with Crippen LogP contribution < -0.4 is 9.47 Å². The fraction of sp³-hybridized carbons (Fsp3) is 0.158. The Bertz CT molecular complexity index is 1020. The maximum Gasteiger partial charge on any atom is 0.174 e. The molecule has 1 heterocycles. The van der Waals surface area contributed by atoms with Gasteiger partial charge in [0.2, 0.25) is 0 Å². The van der Waals surface area contributed by atoms with Crippen LogP contribution in [-0.4, -0.2) is 24.2 Å². The predicted molar refractivity (Wildman–Crippen MR) is 102 cm³/mol. The number of aromatic amines is 1. The molecule has 0 fully saturated rings. The van der Waals surface area contributed by atoms with Crippen molar-refractivity contribution in [2.75, 3.05) is 14.2 Å². The Morgan fingerprint density at radius 2 is 2.04 bits per heavy atom. The van der Waals surface area contributed by atoms with Gasteiger partial charge in [0, 0.05) is 0 Å². The number of halogens is 1. The number of hydrogen-bond donors (Lipinski definition) is 1. The minimum Gasteiger partial charge on any atom is -0.493 e. The number of methoxy groups -OCH3 is 2. The van der Waals surface area contributed by atoms with Gasteiger partial charge in [-0.25, -0.2) is 4.98 Å². The van der Waals surface area contributed by atoms with Gasteiger partial charge in [0.25, 0.3) is 0 Å². The molecule has 0 atom stereocenters. The number of nitrogens with one attached hydrogen (secondary N) is 1. The molecule has 0 bridgehead atoms. The Kier molecular flexibility index (Phi) is 4.77. The summed E-state index contributed by atoms with van der Waals surface area (Å²) >= 11 is 3.46. The minimum atomic E-state index is 0.438. The molecular weight excluding hydrogens is 382 g/mol. The summed E-state index contributed by atoms with van der Waals surface area (Å²) in [6.45, 7) is 2.02. The van der Waals surface area contributed by atoms with E-state index in [0.717, 1.165) is 26.6 Å². The fourth-order valence-electron chi connectivity index (χ4n) is 2.59. The third-order valence-corrected chi connectivity index (χ3v) is 4.37. The highest BCUT2D eigenvalue weighted by atomic mass is 79.9. The fourth-order valence-corrected chi connectivity index (χ4v) is 3.21. The van der Waals surface area contributed by atoms with Gasteiger partial charge in [-0.1, -0.05) is 6.07 Å². The molecule has 0 aliphatic carbocycles. The molecule has 1 aromatic heterocycles. The number of ether oxygens (including phenoxy) is 2. The van der Waals surface area contributed by atoms with Gasteiger partial charge in [0.05, 0.1) is 35.3 Å². The minimum absolute atomic E-state index is 0.438. The number of imidazole rings is 1. The van der Waals surface area contributed by atoms with Crippen LogP contribution in [0.25, 0.3) is 22.7 Å². The smallest absolute Gasteiger partial charge is 0.174 e. The second-order valence-electron chi connectivity index (χ2n) is 5.51. The largest absolute Gasteiger partial charge is 0.493 e. The topological polar surface area (TPSA) is 70.9 Å². The zero-order valence-corrected chi connectivity index (χ0v) is 15.6. The van der Waals surface area contributed by atoms with Gasteiger partial charge in [-0.2, -0.15) is 5.26 Å². The van der Waals surface area contributed by atoms with Crippen molar-refractivity contribution >= 4 is 38.6 Å². The number of rotatable bonds is 4. The van der Waals surface area contributed by atoms with Crippen LogP contribution in [0.4, 0.5) is 0 Å².